The van der Waals surface area contributed by atoms with E-state index in [1.807, 2.05) is 37.3 Å². The van der Waals surface area contributed by atoms with E-state index in [1.54, 1.807) is 30.3 Å². The van der Waals surface area contributed by atoms with Gasteiger partial charge < -0.3 is 10.4 Å². The lowest BCUT2D eigenvalue weighted by Gasteiger charge is -2.05. The van der Waals surface area contributed by atoms with Crippen LogP contribution < -0.4 is 5.32 Å². The first-order valence-corrected chi connectivity index (χ1v) is 8.70. The summed E-state index contributed by atoms with van der Waals surface area (Å²) in [4.78, 5) is 29.0. The largest absolute Gasteiger partial charge is 0.477 e. The standard InChI is InChI=1S/C20H16N2O3S/c1-13-17(26-19(21-13)15-10-6-3-7-11-15)12-16(20(24)25)22-18(23)14-8-4-2-5-9-14/h2-12H,1H3,(H,22,23)(H,24,25)/b16-12+. The Morgan fingerprint density at radius 3 is 2.27 bits per heavy atom. The number of carboxylic acids is 1. The second-order valence-corrected chi connectivity index (χ2v) is 6.55. The molecule has 0 saturated carbocycles. The van der Waals surface area contributed by atoms with Gasteiger partial charge in [-0.3, -0.25) is 4.79 Å². The summed E-state index contributed by atoms with van der Waals surface area (Å²) < 4.78 is 0. The summed E-state index contributed by atoms with van der Waals surface area (Å²) in [6.07, 6.45) is 1.45. The van der Waals surface area contributed by atoms with Gasteiger partial charge >= 0.3 is 5.97 Å². The molecular formula is C20H16N2O3S. The molecule has 1 heterocycles. The van der Waals surface area contributed by atoms with E-state index in [2.05, 4.69) is 10.3 Å². The Bertz CT molecular complexity index is 963. The van der Waals surface area contributed by atoms with Crippen molar-refractivity contribution in [1.82, 2.24) is 10.3 Å². The zero-order valence-corrected chi connectivity index (χ0v) is 14.8. The van der Waals surface area contributed by atoms with E-state index in [4.69, 9.17) is 0 Å². The Balaban J connectivity index is 1.89. The molecule has 0 saturated heterocycles. The van der Waals surface area contributed by atoms with Crippen molar-refractivity contribution in [2.75, 3.05) is 0 Å². The van der Waals surface area contributed by atoms with Gasteiger partial charge in [-0.05, 0) is 25.1 Å². The lowest BCUT2D eigenvalue weighted by atomic mass is 10.2. The number of amides is 1. The molecule has 0 fully saturated rings. The average molecular weight is 364 g/mol. The summed E-state index contributed by atoms with van der Waals surface area (Å²) in [6, 6.07) is 18.1. The van der Waals surface area contributed by atoms with E-state index in [-0.39, 0.29) is 5.70 Å². The molecule has 0 radical (unpaired) electrons. The van der Waals surface area contributed by atoms with Crippen LogP contribution >= 0.6 is 11.3 Å². The maximum Gasteiger partial charge on any atom is 0.352 e. The van der Waals surface area contributed by atoms with Crippen molar-refractivity contribution >= 4 is 29.3 Å². The van der Waals surface area contributed by atoms with Crippen molar-refractivity contribution in [1.29, 1.82) is 0 Å². The van der Waals surface area contributed by atoms with Gasteiger partial charge in [0, 0.05) is 11.1 Å². The molecule has 3 rings (SSSR count). The number of benzene rings is 2. The first kappa shape index (κ1) is 17.6. The third-order valence-corrected chi connectivity index (χ3v) is 4.80. The predicted molar refractivity (Wildman–Crippen MR) is 102 cm³/mol. The molecule has 0 aliphatic carbocycles. The Morgan fingerprint density at radius 2 is 1.65 bits per heavy atom. The van der Waals surface area contributed by atoms with Gasteiger partial charge in [-0.25, -0.2) is 9.78 Å². The van der Waals surface area contributed by atoms with Crippen LogP contribution in [0.1, 0.15) is 20.9 Å². The molecule has 0 bridgehead atoms. The Labute approximate surface area is 154 Å². The molecule has 1 amide bonds. The van der Waals surface area contributed by atoms with E-state index in [9.17, 15) is 14.7 Å². The minimum Gasteiger partial charge on any atom is -0.477 e. The minimum atomic E-state index is -1.21. The summed E-state index contributed by atoms with van der Waals surface area (Å²) in [5, 5.41) is 12.7. The van der Waals surface area contributed by atoms with Crippen LogP contribution in [-0.2, 0) is 4.79 Å². The van der Waals surface area contributed by atoms with E-state index >= 15 is 0 Å². The SMILES string of the molecule is Cc1nc(-c2ccccc2)sc1/C=C(/NC(=O)c1ccccc1)C(=O)O. The number of carboxylic acid groups (broad SMARTS) is 1. The first-order valence-electron chi connectivity index (χ1n) is 7.89. The van der Waals surface area contributed by atoms with Crippen LogP contribution in [0, 0.1) is 6.92 Å². The monoisotopic (exact) mass is 364 g/mol. The number of hydrogen-bond donors (Lipinski definition) is 2. The van der Waals surface area contributed by atoms with Gasteiger partial charge in [-0.2, -0.15) is 0 Å². The smallest absolute Gasteiger partial charge is 0.352 e. The lowest BCUT2D eigenvalue weighted by Crippen LogP contribution is -2.27. The Hall–Kier alpha value is -3.25. The van der Waals surface area contributed by atoms with Crippen LogP contribution in [0.15, 0.2) is 66.4 Å². The fraction of sp³-hybridized carbons (Fsp3) is 0.0500. The number of thiazole rings is 1. The van der Waals surface area contributed by atoms with Crippen molar-refractivity contribution in [3.05, 3.63) is 82.5 Å². The summed E-state index contributed by atoms with van der Waals surface area (Å²) in [7, 11) is 0. The highest BCUT2D eigenvalue weighted by Crippen LogP contribution is 2.29. The van der Waals surface area contributed by atoms with E-state index in [1.165, 1.54) is 17.4 Å². The summed E-state index contributed by atoms with van der Waals surface area (Å²) in [5.74, 6) is -1.67. The second kappa shape index (κ2) is 7.76. The molecule has 0 aliphatic heterocycles. The van der Waals surface area contributed by atoms with E-state index in [0.717, 1.165) is 10.6 Å². The van der Waals surface area contributed by atoms with Crippen LogP contribution in [0.25, 0.3) is 16.6 Å². The molecule has 0 atom stereocenters. The molecular weight excluding hydrogens is 348 g/mol. The van der Waals surface area contributed by atoms with Gasteiger partial charge in [0.05, 0.1) is 10.6 Å². The van der Waals surface area contributed by atoms with Gasteiger partial charge in [0.1, 0.15) is 10.7 Å². The number of rotatable bonds is 5. The molecule has 26 heavy (non-hydrogen) atoms. The number of aromatic nitrogens is 1. The quantitative estimate of drug-likeness (QED) is 0.671. The van der Waals surface area contributed by atoms with Gasteiger partial charge in [0.2, 0.25) is 0 Å². The molecule has 0 unspecified atom stereocenters. The molecule has 0 spiro atoms. The molecule has 1 aromatic heterocycles. The van der Waals surface area contributed by atoms with Crippen molar-refractivity contribution in [2.45, 2.75) is 6.92 Å². The highest BCUT2D eigenvalue weighted by atomic mass is 32.1. The number of carbonyl (C=O) groups excluding carboxylic acids is 1. The minimum absolute atomic E-state index is 0.190. The number of nitrogens with one attached hydrogen (secondary N) is 1. The van der Waals surface area contributed by atoms with Gasteiger partial charge in [0.15, 0.2) is 0 Å². The zero-order valence-electron chi connectivity index (χ0n) is 14.0. The van der Waals surface area contributed by atoms with Gasteiger partial charge in [0.25, 0.3) is 5.91 Å². The zero-order chi connectivity index (χ0) is 18.5. The van der Waals surface area contributed by atoms with Crippen molar-refractivity contribution < 1.29 is 14.7 Å². The average Bonchev–Trinajstić information content (AvgIpc) is 3.03. The van der Waals surface area contributed by atoms with Crippen molar-refractivity contribution in [2.24, 2.45) is 0 Å². The fourth-order valence-electron chi connectivity index (χ4n) is 2.31. The number of carbonyl (C=O) groups is 2. The van der Waals surface area contributed by atoms with E-state index < -0.39 is 11.9 Å². The van der Waals surface area contributed by atoms with E-state index in [0.29, 0.717) is 16.1 Å². The summed E-state index contributed by atoms with van der Waals surface area (Å²) in [6.45, 7) is 1.81. The Morgan fingerprint density at radius 1 is 1.04 bits per heavy atom. The second-order valence-electron chi connectivity index (χ2n) is 5.52. The number of aryl methyl sites for hydroxylation is 1. The molecule has 5 nitrogen and oxygen atoms in total. The summed E-state index contributed by atoms with van der Waals surface area (Å²) in [5.41, 5.74) is 1.88. The molecule has 6 heteroatoms. The lowest BCUT2D eigenvalue weighted by molar-refractivity contribution is -0.132. The molecule has 3 aromatic rings. The van der Waals surface area contributed by atoms with Crippen LogP contribution in [0.3, 0.4) is 0 Å². The Kier molecular flexibility index (Phi) is 5.24. The summed E-state index contributed by atoms with van der Waals surface area (Å²) >= 11 is 1.38. The predicted octanol–water partition coefficient (Wildman–Crippen LogP) is 3.97. The number of nitrogens with zero attached hydrogens (tertiary/aromatic N) is 1. The maximum atomic E-state index is 12.2. The van der Waals surface area contributed by atoms with Crippen LogP contribution in [-0.4, -0.2) is 22.0 Å². The fourth-order valence-corrected chi connectivity index (χ4v) is 3.33. The first-order chi connectivity index (χ1) is 12.5. The molecule has 2 aromatic carbocycles. The van der Waals surface area contributed by atoms with Gasteiger partial charge in [-0.15, -0.1) is 11.3 Å². The molecule has 2 N–H and O–H groups in total. The van der Waals surface area contributed by atoms with Crippen molar-refractivity contribution in [3.63, 3.8) is 0 Å². The topological polar surface area (TPSA) is 79.3 Å². The van der Waals surface area contributed by atoms with Crippen molar-refractivity contribution in [3.8, 4) is 10.6 Å². The van der Waals surface area contributed by atoms with Crippen LogP contribution in [0.4, 0.5) is 0 Å². The molecule has 0 aliphatic rings. The van der Waals surface area contributed by atoms with Gasteiger partial charge in [-0.1, -0.05) is 48.5 Å². The number of aliphatic carboxylic acids is 1. The highest BCUT2D eigenvalue weighted by molar-refractivity contribution is 7.16. The maximum absolute atomic E-state index is 12.2. The third-order valence-electron chi connectivity index (χ3n) is 3.64. The van der Waals surface area contributed by atoms with Crippen LogP contribution in [0.5, 0.6) is 0 Å². The third kappa shape index (κ3) is 4.04. The normalized spacial score (nSPS) is 11.2. The highest BCUT2D eigenvalue weighted by Gasteiger charge is 2.15. The molecule has 130 valence electrons. The number of hydrogen-bond acceptors (Lipinski definition) is 4. The van der Waals surface area contributed by atoms with Crippen LogP contribution in [0.2, 0.25) is 0 Å².